The highest BCUT2D eigenvalue weighted by Crippen LogP contribution is 2.36. The summed E-state index contributed by atoms with van der Waals surface area (Å²) in [5, 5.41) is 5.38. The van der Waals surface area contributed by atoms with Crippen LogP contribution < -0.4 is 10.6 Å². The molecule has 1 heterocycles. The number of carbonyl (C=O) groups is 1. The van der Waals surface area contributed by atoms with E-state index in [1.54, 1.807) is 0 Å². The molecular formula is C13H14ClF3N2O. The van der Waals surface area contributed by atoms with E-state index in [-0.39, 0.29) is 22.5 Å². The minimum atomic E-state index is -4.56. The van der Waals surface area contributed by atoms with Gasteiger partial charge in [-0.2, -0.15) is 13.2 Å². The summed E-state index contributed by atoms with van der Waals surface area (Å²) < 4.78 is 38.7. The van der Waals surface area contributed by atoms with Crippen molar-refractivity contribution in [3.8, 4) is 0 Å². The molecule has 0 spiro atoms. The molecule has 1 aliphatic rings. The van der Waals surface area contributed by atoms with Crippen LogP contribution in [0.25, 0.3) is 0 Å². The summed E-state index contributed by atoms with van der Waals surface area (Å²) in [5.41, 5.74) is -1.19. The molecule has 0 aliphatic carbocycles. The first-order valence-corrected chi connectivity index (χ1v) is 6.55. The predicted octanol–water partition coefficient (Wildman–Crippen LogP) is 3.15. The molecule has 1 amide bonds. The van der Waals surface area contributed by atoms with E-state index in [1.165, 1.54) is 12.1 Å². The van der Waals surface area contributed by atoms with Gasteiger partial charge in [-0.15, -0.1) is 0 Å². The number of benzene rings is 1. The summed E-state index contributed by atoms with van der Waals surface area (Å²) in [6, 6.07) is 3.31. The van der Waals surface area contributed by atoms with Crippen LogP contribution in [0.2, 0.25) is 5.02 Å². The van der Waals surface area contributed by atoms with Gasteiger partial charge < -0.3 is 10.6 Å². The number of halogens is 4. The van der Waals surface area contributed by atoms with Gasteiger partial charge in [0.1, 0.15) is 0 Å². The third-order valence-electron chi connectivity index (χ3n) is 3.40. The van der Waals surface area contributed by atoms with Crippen molar-refractivity contribution in [1.82, 2.24) is 5.32 Å². The van der Waals surface area contributed by atoms with Gasteiger partial charge in [-0.3, -0.25) is 4.79 Å². The number of hydrogen-bond donors (Lipinski definition) is 2. The molecule has 2 atom stereocenters. The third-order valence-corrected chi connectivity index (χ3v) is 3.63. The summed E-state index contributed by atoms with van der Waals surface area (Å²) >= 11 is 5.59. The maximum absolute atomic E-state index is 12.9. The fourth-order valence-electron chi connectivity index (χ4n) is 2.25. The Hall–Kier alpha value is -1.27. The second-order valence-electron chi connectivity index (χ2n) is 4.92. The lowest BCUT2D eigenvalue weighted by Gasteiger charge is -2.18. The van der Waals surface area contributed by atoms with Crippen molar-refractivity contribution in [3.63, 3.8) is 0 Å². The fourth-order valence-corrected chi connectivity index (χ4v) is 2.42. The number of carbonyl (C=O) groups excluding carboxylic acids is 1. The Morgan fingerprint density at radius 1 is 1.40 bits per heavy atom. The van der Waals surface area contributed by atoms with Crippen LogP contribution in [-0.4, -0.2) is 19.0 Å². The number of amides is 1. The average Bonchev–Trinajstić information content (AvgIpc) is 2.76. The Bertz CT molecular complexity index is 519. The minimum absolute atomic E-state index is 0.0220. The molecule has 0 bridgehead atoms. The van der Waals surface area contributed by atoms with E-state index in [4.69, 9.17) is 11.6 Å². The SMILES string of the molecule is C[C@@H]1CNC[C@H]1C(=O)Nc1ccc(Cl)cc1C(F)(F)F. The number of rotatable bonds is 2. The summed E-state index contributed by atoms with van der Waals surface area (Å²) in [6.45, 7) is 3.05. The van der Waals surface area contributed by atoms with Crippen LogP contribution in [0.15, 0.2) is 18.2 Å². The molecule has 2 N–H and O–H groups in total. The van der Waals surface area contributed by atoms with Gasteiger partial charge in [-0.05, 0) is 30.7 Å². The van der Waals surface area contributed by atoms with Crippen LogP contribution in [0, 0.1) is 11.8 Å². The maximum Gasteiger partial charge on any atom is 0.418 e. The van der Waals surface area contributed by atoms with E-state index >= 15 is 0 Å². The van der Waals surface area contributed by atoms with Gasteiger partial charge in [0.15, 0.2) is 0 Å². The predicted molar refractivity (Wildman–Crippen MR) is 70.6 cm³/mol. The lowest BCUT2D eigenvalue weighted by molar-refractivity contribution is -0.137. The van der Waals surface area contributed by atoms with E-state index in [2.05, 4.69) is 10.6 Å². The second kappa shape index (κ2) is 5.61. The van der Waals surface area contributed by atoms with Crippen molar-refractivity contribution in [2.45, 2.75) is 13.1 Å². The zero-order valence-corrected chi connectivity index (χ0v) is 11.5. The zero-order valence-electron chi connectivity index (χ0n) is 10.7. The van der Waals surface area contributed by atoms with Crippen LogP contribution in [0.3, 0.4) is 0 Å². The highest BCUT2D eigenvalue weighted by molar-refractivity contribution is 6.30. The molecule has 7 heteroatoms. The van der Waals surface area contributed by atoms with Crippen molar-refractivity contribution in [3.05, 3.63) is 28.8 Å². The zero-order chi connectivity index (χ0) is 14.9. The van der Waals surface area contributed by atoms with Gasteiger partial charge in [0.05, 0.1) is 17.2 Å². The molecule has 3 nitrogen and oxygen atoms in total. The monoisotopic (exact) mass is 306 g/mol. The standard InChI is InChI=1S/C13H14ClF3N2O/c1-7-5-18-6-9(7)12(20)19-11-3-2-8(14)4-10(11)13(15,16)17/h2-4,7,9,18H,5-6H2,1H3,(H,19,20)/t7-,9-/m1/s1. The molecule has 1 saturated heterocycles. The topological polar surface area (TPSA) is 41.1 Å². The van der Waals surface area contributed by atoms with Crippen molar-refractivity contribution in [2.24, 2.45) is 11.8 Å². The molecular weight excluding hydrogens is 293 g/mol. The van der Waals surface area contributed by atoms with E-state index in [0.717, 1.165) is 6.07 Å². The Labute approximate surface area is 119 Å². The Balaban J connectivity index is 2.23. The van der Waals surface area contributed by atoms with Gasteiger partial charge in [0.2, 0.25) is 5.91 Å². The maximum atomic E-state index is 12.9. The molecule has 0 aromatic heterocycles. The lowest BCUT2D eigenvalue weighted by atomic mass is 9.97. The van der Waals surface area contributed by atoms with Crippen molar-refractivity contribution in [1.29, 1.82) is 0 Å². The fraction of sp³-hybridized carbons (Fsp3) is 0.462. The van der Waals surface area contributed by atoms with E-state index in [9.17, 15) is 18.0 Å². The van der Waals surface area contributed by atoms with Crippen LogP contribution in [0.5, 0.6) is 0 Å². The van der Waals surface area contributed by atoms with Crippen LogP contribution in [0.1, 0.15) is 12.5 Å². The third kappa shape index (κ3) is 3.24. The molecule has 1 aromatic carbocycles. The second-order valence-corrected chi connectivity index (χ2v) is 5.36. The van der Waals surface area contributed by atoms with Crippen LogP contribution in [-0.2, 0) is 11.0 Å². The Morgan fingerprint density at radius 3 is 2.65 bits per heavy atom. The summed E-state index contributed by atoms with van der Waals surface area (Å²) in [6.07, 6.45) is -4.56. The first-order valence-electron chi connectivity index (χ1n) is 6.17. The highest BCUT2D eigenvalue weighted by Gasteiger charge is 2.36. The Morgan fingerprint density at radius 2 is 2.10 bits per heavy atom. The molecule has 0 saturated carbocycles. The Kier molecular flexibility index (Phi) is 4.25. The number of anilines is 1. The van der Waals surface area contributed by atoms with Crippen molar-refractivity contribution >= 4 is 23.2 Å². The summed E-state index contributed by atoms with van der Waals surface area (Å²) in [7, 11) is 0. The van der Waals surface area contributed by atoms with Gasteiger partial charge in [-0.1, -0.05) is 18.5 Å². The molecule has 20 heavy (non-hydrogen) atoms. The lowest BCUT2D eigenvalue weighted by Crippen LogP contribution is -2.28. The molecule has 1 fully saturated rings. The van der Waals surface area contributed by atoms with Crippen LogP contribution in [0.4, 0.5) is 18.9 Å². The first kappa shape index (κ1) is 15.1. The van der Waals surface area contributed by atoms with Gasteiger partial charge in [0, 0.05) is 11.6 Å². The smallest absolute Gasteiger partial charge is 0.325 e. The normalized spacial score (nSPS) is 22.9. The van der Waals surface area contributed by atoms with E-state index < -0.39 is 17.6 Å². The number of nitrogens with one attached hydrogen (secondary N) is 2. The van der Waals surface area contributed by atoms with Gasteiger partial charge in [0.25, 0.3) is 0 Å². The largest absolute Gasteiger partial charge is 0.418 e. The molecule has 2 rings (SSSR count). The van der Waals surface area contributed by atoms with Crippen molar-refractivity contribution < 1.29 is 18.0 Å². The highest BCUT2D eigenvalue weighted by atomic mass is 35.5. The molecule has 1 aliphatic heterocycles. The molecule has 0 unspecified atom stereocenters. The van der Waals surface area contributed by atoms with Gasteiger partial charge in [-0.25, -0.2) is 0 Å². The van der Waals surface area contributed by atoms with E-state index in [1.807, 2.05) is 6.92 Å². The molecule has 0 radical (unpaired) electrons. The molecule has 1 aromatic rings. The van der Waals surface area contributed by atoms with Crippen LogP contribution >= 0.6 is 11.6 Å². The number of hydrogen-bond acceptors (Lipinski definition) is 2. The van der Waals surface area contributed by atoms with Gasteiger partial charge >= 0.3 is 6.18 Å². The van der Waals surface area contributed by atoms with E-state index in [0.29, 0.717) is 13.1 Å². The van der Waals surface area contributed by atoms with Crippen molar-refractivity contribution in [2.75, 3.05) is 18.4 Å². The summed E-state index contributed by atoms with van der Waals surface area (Å²) in [4.78, 5) is 12.0. The molecule has 110 valence electrons. The number of alkyl halides is 3. The summed E-state index contributed by atoms with van der Waals surface area (Å²) in [5.74, 6) is -0.640. The first-order chi connectivity index (χ1) is 9.29. The average molecular weight is 307 g/mol. The quantitative estimate of drug-likeness (QED) is 0.881. The minimum Gasteiger partial charge on any atom is -0.325 e.